The number of nitrogens with zero attached hydrogens (tertiary/aromatic N) is 2. The third kappa shape index (κ3) is 7.31. The van der Waals surface area contributed by atoms with Crippen molar-refractivity contribution < 1.29 is 43.1 Å². The van der Waals surface area contributed by atoms with Crippen LogP contribution in [-0.4, -0.2) is 0 Å². The van der Waals surface area contributed by atoms with E-state index in [0.29, 0.717) is 0 Å². The second-order valence-electron chi connectivity index (χ2n) is 9.83. The van der Waals surface area contributed by atoms with Crippen LogP contribution in [0.4, 0.5) is 0 Å². The number of aromatic nitrogens is 2. The van der Waals surface area contributed by atoms with E-state index in [0.717, 1.165) is 13.1 Å². The minimum atomic E-state index is 0. The molecule has 0 spiro atoms. The molecule has 0 bridgehead atoms. The van der Waals surface area contributed by atoms with E-state index >= 15 is 0 Å². The second-order valence-corrected chi connectivity index (χ2v) is 9.83. The van der Waals surface area contributed by atoms with Crippen molar-refractivity contribution in [3.63, 3.8) is 0 Å². The lowest BCUT2D eigenvalue weighted by molar-refractivity contribution is -0.689. The molecule has 0 amide bonds. The first-order valence-electron chi connectivity index (χ1n) is 10.2. The van der Waals surface area contributed by atoms with Gasteiger partial charge in [0.1, 0.15) is 0 Å². The van der Waals surface area contributed by atoms with Crippen LogP contribution >= 0.6 is 0 Å². The lowest BCUT2D eigenvalue weighted by Crippen LogP contribution is -3.00. The average molecular weight is 534 g/mol. The summed E-state index contributed by atoms with van der Waals surface area (Å²) in [6.45, 7) is 15.3. The van der Waals surface area contributed by atoms with Gasteiger partial charge in [-0.3, -0.25) is 0 Å². The molecule has 0 atom stereocenters. The molecule has 3 aromatic rings. The fourth-order valence-electron chi connectivity index (χ4n) is 3.30. The first kappa shape index (κ1) is 26.5. The number of rotatable bonds is 4. The van der Waals surface area contributed by atoms with Crippen LogP contribution in [0.1, 0.15) is 63.8 Å². The van der Waals surface area contributed by atoms with E-state index < -0.39 is 0 Å². The quantitative estimate of drug-likeness (QED) is 0.379. The molecule has 1 aromatic carbocycles. The van der Waals surface area contributed by atoms with Gasteiger partial charge in [0.05, 0.1) is 0 Å². The average Bonchev–Trinajstić information content (AvgIpc) is 2.63. The maximum absolute atomic E-state index is 2.25. The number of hydrogen-bond acceptors (Lipinski definition) is 0. The molecular formula is C26H34Br2N2. The largest absolute Gasteiger partial charge is 1.00 e. The minimum absolute atomic E-state index is 0. The molecule has 2 nitrogen and oxygen atoms in total. The van der Waals surface area contributed by atoms with E-state index in [-0.39, 0.29) is 44.8 Å². The van der Waals surface area contributed by atoms with Crippen molar-refractivity contribution in [2.24, 2.45) is 0 Å². The highest BCUT2D eigenvalue weighted by Crippen LogP contribution is 2.21. The molecule has 162 valence electrons. The Morgan fingerprint density at radius 1 is 0.500 bits per heavy atom. The first-order chi connectivity index (χ1) is 13.1. The third-order valence-corrected chi connectivity index (χ3v) is 5.27. The molecule has 4 heteroatoms. The molecule has 0 N–H and O–H groups in total. The molecule has 30 heavy (non-hydrogen) atoms. The maximum atomic E-state index is 2.25. The van der Waals surface area contributed by atoms with E-state index in [1.54, 1.807) is 0 Å². The van der Waals surface area contributed by atoms with Crippen molar-refractivity contribution >= 4 is 0 Å². The predicted molar refractivity (Wildman–Crippen MR) is 115 cm³/mol. The number of benzene rings is 1. The molecule has 0 fully saturated rings. The van der Waals surface area contributed by atoms with E-state index in [1.807, 2.05) is 0 Å². The summed E-state index contributed by atoms with van der Waals surface area (Å²) in [5, 5.41) is 0. The van der Waals surface area contributed by atoms with Crippen molar-refractivity contribution in [1.29, 1.82) is 0 Å². The van der Waals surface area contributed by atoms with Gasteiger partial charge in [-0.25, -0.2) is 9.13 Å². The van der Waals surface area contributed by atoms with Crippen LogP contribution in [0.15, 0.2) is 73.3 Å². The van der Waals surface area contributed by atoms with Crippen molar-refractivity contribution in [1.82, 2.24) is 0 Å². The van der Waals surface area contributed by atoms with Crippen LogP contribution in [0.5, 0.6) is 0 Å². The zero-order valence-electron chi connectivity index (χ0n) is 19.0. The fraction of sp³-hybridized carbons (Fsp3) is 0.385. The van der Waals surface area contributed by atoms with Crippen LogP contribution in [-0.2, 0) is 23.9 Å². The van der Waals surface area contributed by atoms with Gasteiger partial charge in [-0.2, -0.15) is 0 Å². The van der Waals surface area contributed by atoms with Gasteiger partial charge in [-0.1, -0.05) is 65.8 Å². The first-order valence-corrected chi connectivity index (χ1v) is 10.2. The van der Waals surface area contributed by atoms with Gasteiger partial charge < -0.3 is 34.0 Å². The van der Waals surface area contributed by atoms with E-state index in [2.05, 4.69) is 124 Å². The highest BCUT2D eigenvalue weighted by molar-refractivity contribution is 5.22. The highest BCUT2D eigenvalue weighted by atomic mass is 79.9. The molecule has 0 saturated heterocycles. The summed E-state index contributed by atoms with van der Waals surface area (Å²) in [5.74, 6) is 0. The topological polar surface area (TPSA) is 7.76 Å². The predicted octanol–water partition coefficient (Wildman–Crippen LogP) is -1.04. The zero-order chi connectivity index (χ0) is 20.4. The highest BCUT2D eigenvalue weighted by Gasteiger charge is 2.16. The molecule has 0 aliphatic carbocycles. The molecule has 0 unspecified atom stereocenters. The molecular weight excluding hydrogens is 500 g/mol. The Kier molecular flexibility index (Phi) is 9.44. The smallest absolute Gasteiger partial charge is 0.173 e. The summed E-state index contributed by atoms with van der Waals surface area (Å²) in [6.07, 6.45) is 8.73. The molecule has 0 saturated carbocycles. The maximum Gasteiger partial charge on any atom is 0.173 e. The SMILES string of the molecule is CC(C)(C)c1cc[n+](Cc2ccc(C[n+]3ccc(C(C)(C)C)cc3)cc2)cc1.[Br-].[Br-]. The minimum Gasteiger partial charge on any atom is -1.00 e. The molecule has 0 aliphatic rings. The van der Waals surface area contributed by atoms with Crippen LogP contribution in [0.25, 0.3) is 0 Å². The van der Waals surface area contributed by atoms with Crippen LogP contribution < -0.4 is 43.1 Å². The van der Waals surface area contributed by atoms with Gasteiger partial charge in [-0.15, -0.1) is 0 Å². The lowest BCUT2D eigenvalue weighted by atomic mass is 9.88. The third-order valence-electron chi connectivity index (χ3n) is 5.27. The summed E-state index contributed by atoms with van der Waals surface area (Å²) in [7, 11) is 0. The lowest BCUT2D eigenvalue weighted by Gasteiger charge is -2.17. The molecule has 0 radical (unpaired) electrons. The second kappa shape index (κ2) is 10.7. The van der Waals surface area contributed by atoms with E-state index in [4.69, 9.17) is 0 Å². The van der Waals surface area contributed by atoms with Gasteiger partial charge >= 0.3 is 0 Å². The van der Waals surface area contributed by atoms with E-state index in [1.165, 1.54) is 22.3 Å². The Balaban J connectivity index is 0.00000225. The summed E-state index contributed by atoms with van der Waals surface area (Å²) in [5.41, 5.74) is 5.78. The Bertz CT molecular complexity index is 823. The zero-order valence-corrected chi connectivity index (χ0v) is 22.2. The van der Waals surface area contributed by atoms with Crippen molar-refractivity contribution in [3.8, 4) is 0 Å². The summed E-state index contributed by atoms with van der Waals surface area (Å²) < 4.78 is 4.48. The van der Waals surface area contributed by atoms with Gasteiger partial charge in [0.15, 0.2) is 37.9 Å². The van der Waals surface area contributed by atoms with Gasteiger partial charge in [0.2, 0.25) is 0 Å². The summed E-state index contributed by atoms with van der Waals surface area (Å²) >= 11 is 0. The van der Waals surface area contributed by atoms with Crippen LogP contribution in [0, 0.1) is 0 Å². The Morgan fingerprint density at radius 3 is 1.00 bits per heavy atom. The Labute approximate surface area is 203 Å². The number of pyridine rings is 2. The molecule has 2 heterocycles. The van der Waals surface area contributed by atoms with Gasteiger partial charge in [0, 0.05) is 35.4 Å². The van der Waals surface area contributed by atoms with Crippen LogP contribution in [0.2, 0.25) is 0 Å². The van der Waals surface area contributed by atoms with Crippen molar-refractivity contribution in [3.05, 3.63) is 95.6 Å². The molecule has 0 aliphatic heterocycles. The normalized spacial score (nSPS) is 11.4. The fourth-order valence-corrected chi connectivity index (χ4v) is 3.30. The Hall–Kier alpha value is -1.52. The molecule has 2 aromatic heterocycles. The van der Waals surface area contributed by atoms with Crippen LogP contribution in [0.3, 0.4) is 0 Å². The summed E-state index contributed by atoms with van der Waals surface area (Å²) in [4.78, 5) is 0. The van der Waals surface area contributed by atoms with Gasteiger partial charge in [0.25, 0.3) is 0 Å². The number of hydrogen-bond donors (Lipinski definition) is 0. The summed E-state index contributed by atoms with van der Waals surface area (Å²) in [6, 6.07) is 17.9. The standard InChI is InChI=1S/C26H34N2.2BrH/c1-25(2,3)23-11-15-27(16-12-23)19-21-7-9-22(10-8-21)20-28-17-13-24(14-18-28)26(4,5)6;;/h7-18H,19-20H2,1-6H3;2*1H/q+2;;/p-2. The van der Waals surface area contributed by atoms with Gasteiger partial charge in [-0.05, 0) is 22.0 Å². The molecule has 3 rings (SSSR count). The monoisotopic (exact) mass is 532 g/mol. The van der Waals surface area contributed by atoms with E-state index in [9.17, 15) is 0 Å². The van der Waals surface area contributed by atoms with Crippen molar-refractivity contribution in [2.45, 2.75) is 65.5 Å². The van der Waals surface area contributed by atoms with Crippen molar-refractivity contribution in [2.75, 3.05) is 0 Å². The number of halogens is 2. The Morgan fingerprint density at radius 2 is 0.767 bits per heavy atom.